The summed E-state index contributed by atoms with van der Waals surface area (Å²) >= 11 is 11.7. The smallest absolute Gasteiger partial charge is 0.276 e. The summed E-state index contributed by atoms with van der Waals surface area (Å²) in [5, 5.41) is 0.894. The maximum absolute atomic E-state index is 11.6. The number of allylic oxidation sites excluding steroid dienone is 3. The van der Waals surface area contributed by atoms with E-state index in [9.17, 15) is 4.79 Å². The van der Waals surface area contributed by atoms with Crippen LogP contribution in [-0.4, -0.2) is 12.5 Å². The lowest BCUT2D eigenvalue weighted by atomic mass is 10.0. The number of hydrogen-bond donors (Lipinski definition) is 2. The molecule has 0 unspecified atom stereocenters. The molecule has 1 aliphatic carbocycles. The second-order valence-electron chi connectivity index (χ2n) is 4.57. The Morgan fingerprint density at radius 1 is 1.33 bits per heavy atom. The van der Waals surface area contributed by atoms with Crippen molar-refractivity contribution < 1.29 is 9.53 Å². The minimum Gasteiger partial charge on any atom is -0.482 e. The van der Waals surface area contributed by atoms with E-state index in [1.165, 1.54) is 5.57 Å². The standard InChI is InChI=1S/C15H16Cl2N2O2/c16-12-6-7-14(13(17)8-12)21-10-15(20)19-18-9-11-4-2-1-3-5-11/h1-2,6-9,18H,3-5,10H2,(H,19,20)/b11-9+. The Labute approximate surface area is 133 Å². The summed E-state index contributed by atoms with van der Waals surface area (Å²) in [5.41, 5.74) is 6.58. The zero-order valence-corrected chi connectivity index (χ0v) is 12.9. The van der Waals surface area contributed by atoms with Gasteiger partial charge in [0, 0.05) is 11.2 Å². The molecule has 1 aromatic rings. The number of hydrazine groups is 1. The number of benzene rings is 1. The highest BCUT2D eigenvalue weighted by atomic mass is 35.5. The minimum atomic E-state index is -0.288. The average Bonchev–Trinajstić information content (AvgIpc) is 2.47. The molecule has 0 atom stereocenters. The maximum Gasteiger partial charge on any atom is 0.276 e. The third-order valence-corrected chi connectivity index (χ3v) is 3.45. The van der Waals surface area contributed by atoms with E-state index >= 15 is 0 Å². The van der Waals surface area contributed by atoms with Crippen LogP contribution in [0.2, 0.25) is 10.0 Å². The van der Waals surface area contributed by atoms with Crippen molar-refractivity contribution in [2.75, 3.05) is 6.61 Å². The Hall–Kier alpha value is -1.65. The van der Waals surface area contributed by atoms with Gasteiger partial charge in [0.25, 0.3) is 5.91 Å². The van der Waals surface area contributed by atoms with E-state index in [1.807, 2.05) is 6.20 Å². The molecule has 0 radical (unpaired) electrons. The molecule has 2 rings (SSSR count). The van der Waals surface area contributed by atoms with Crippen LogP contribution in [0.4, 0.5) is 0 Å². The van der Waals surface area contributed by atoms with Gasteiger partial charge >= 0.3 is 0 Å². The van der Waals surface area contributed by atoms with Crippen LogP contribution in [0.25, 0.3) is 0 Å². The minimum absolute atomic E-state index is 0.128. The van der Waals surface area contributed by atoms with E-state index in [0.29, 0.717) is 15.8 Å². The molecular formula is C15H16Cl2N2O2. The summed E-state index contributed by atoms with van der Waals surface area (Å²) in [4.78, 5) is 11.6. The second kappa shape index (κ2) is 7.96. The second-order valence-corrected chi connectivity index (χ2v) is 5.42. The fraction of sp³-hybridized carbons (Fsp3) is 0.267. The Kier molecular flexibility index (Phi) is 5.96. The van der Waals surface area contributed by atoms with E-state index in [0.717, 1.165) is 19.3 Å². The lowest BCUT2D eigenvalue weighted by Gasteiger charge is -2.11. The van der Waals surface area contributed by atoms with Crippen molar-refractivity contribution in [2.45, 2.75) is 19.3 Å². The summed E-state index contributed by atoms with van der Waals surface area (Å²) < 4.78 is 5.32. The number of carbonyl (C=O) groups is 1. The fourth-order valence-electron chi connectivity index (χ4n) is 1.84. The largest absolute Gasteiger partial charge is 0.482 e. The van der Waals surface area contributed by atoms with Crippen LogP contribution in [0.15, 0.2) is 42.1 Å². The van der Waals surface area contributed by atoms with Crippen LogP contribution in [0, 0.1) is 0 Å². The molecule has 1 aliphatic rings. The maximum atomic E-state index is 11.6. The zero-order chi connectivity index (χ0) is 15.1. The Morgan fingerprint density at radius 3 is 2.90 bits per heavy atom. The van der Waals surface area contributed by atoms with Crippen LogP contribution < -0.4 is 15.6 Å². The Bertz CT molecular complexity index is 571. The first-order valence-electron chi connectivity index (χ1n) is 6.60. The van der Waals surface area contributed by atoms with E-state index in [1.54, 1.807) is 18.2 Å². The molecule has 1 amide bonds. The molecular weight excluding hydrogens is 311 g/mol. The van der Waals surface area contributed by atoms with Crippen LogP contribution in [0.3, 0.4) is 0 Å². The Morgan fingerprint density at radius 2 is 2.19 bits per heavy atom. The summed E-state index contributed by atoms with van der Waals surface area (Å²) in [7, 11) is 0. The van der Waals surface area contributed by atoms with Crippen molar-refractivity contribution in [2.24, 2.45) is 0 Å². The summed E-state index contributed by atoms with van der Waals surface area (Å²) in [6.45, 7) is -0.128. The number of nitrogens with one attached hydrogen (secondary N) is 2. The van der Waals surface area contributed by atoms with Gasteiger partial charge in [-0.1, -0.05) is 35.4 Å². The number of halogens is 2. The molecule has 0 heterocycles. The van der Waals surface area contributed by atoms with Gasteiger partial charge in [0.2, 0.25) is 0 Å². The number of amides is 1. The van der Waals surface area contributed by atoms with E-state index in [-0.39, 0.29) is 12.5 Å². The molecule has 0 fully saturated rings. The van der Waals surface area contributed by atoms with Crippen LogP contribution in [-0.2, 0) is 4.79 Å². The van der Waals surface area contributed by atoms with Gasteiger partial charge in [-0.2, -0.15) is 0 Å². The van der Waals surface area contributed by atoms with Crippen molar-refractivity contribution in [3.05, 3.63) is 52.2 Å². The van der Waals surface area contributed by atoms with Gasteiger partial charge in [-0.05, 0) is 43.0 Å². The molecule has 1 aromatic carbocycles. The molecule has 0 saturated carbocycles. The predicted octanol–water partition coefficient (Wildman–Crippen LogP) is 3.62. The van der Waals surface area contributed by atoms with E-state index in [2.05, 4.69) is 23.0 Å². The van der Waals surface area contributed by atoms with Crippen LogP contribution >= 0.6 is 23.2 Å². The quantitative estimate of drug-likeness (QED) is 0.641. The lowest BCUT2D eigenvalue weighted by Crippen LogP contribution is -2.37. The normalized spacial score (nSPS) is 15.8. The molecule has 0 aromatic heterocycles. The third-order valence-electron chi connectivity index (χ3n) is 2.92. The molecule has 0 saturated heterocycles. The first kappa shape index (κ1) is 15.7. The molecule has 4 nitrogen and oxygen atoms in total. The van der Waals surface area contributed by atoms with Gasteiger partial charge in [-0.25, -0.2) is 0 Å². The number of hydrogen-bond acceptors (Lipinski definition) is 3. The highest BCUT2D eigenvalue weighted by molar-refractivity contribution is 6.35. The van der Waals surface area contributed by atoms with Crippen molar-refractivity contribution in [1.82, 2.24) is 10.9 Å². The van der Waals surface area contributed by atoms with Gasteiger partial charge in [-0.3, -0.25) is 10.2 Å². The topological polar surface area (TPSA) is 50.4 Å². The van der Waals surface area contributed by atoms with Gasteiger partial charge in [0.05, 0.1) is 5.02 Å². The summed E-state index contributed by atoms with van der Waals surface area (Å²) in [6, 6.07) is 4.84. The first-order valence-corrected chi connectivity index (χ1v) is 7.36. The monoisotopic (exact) mass is 326 g/mol. The summed E-state index contributed by atoms with van der Waals surface area (Å²) in [6.07, 6.45) is 9.05. The predicted molar refractivity (Wildman–Crippen MR) is 84.3 cm³/mol. The van der Waals surface area contributed by atoms with Crippen molar-refractivity contribution in [3.8, 4) is 5.75 Å². The highest BCUT2D eigenvalue weighted by Crippen LogP contribution is 2.27. The van der Waals surface area contributed by atoms with Crippen LogP contribution in [0.1, 0.15) is 19.3 Å². The van der Waals surface area contributed by atoms with Crippen LogP contribution in [0.5, 0.6) is 5.75 Å². The van der Waals surface area contributed by atoms with Gasteiger partial charge in [0.15, 0.2) is 6.61 Å². The SMILES string of the molecule is O=C(COc1ccc(Cl)cc1Cl)NN/C=C1\CC=CCC1. The molecule has 0 aliphatic heterocycles. The van der Waals surface area contributed by atoms with E-state index < -0.39 is 0 Å². The number of ether oxygens (including phenoxy) is 1. The average molecular weight is 327 g/mol. The van der Waals surface area contributed by atoms with Gasteiger partial charge in [-0.15, -0.1) is 0 Å². The molecule has 112 valence electrons. The van der Waals surface area contributed by atoms with Crippen molar-refractivity contribution in [1.29, 1.82) is 0 Å². The third kappa shape index (κ3) is 5.33. The zero-order valence-electron chi connectivity index (χ0n) is 11.4. The molecule has 0 bridgehead atoms. The summed E-state index contributed by atoms with van der Waals surface area (Å²) in [5.74, 6) is 0.135. The first-order chi connectivity index (χ1) is 10.1. The fourth-order valence-corrected chi connectivity index (χ4v) is 2.31. The van der Waals surface area contributed by atoms with Gasteiger partial charge in [0.1, 0.15) is 5.75 Å². The molecule has 6 heteroatoms. The molecule has 2 N–H and O–H groups in total. The number of carbonyl (C=O) groups excluding carboxylic acids is 1. The molecule has 0 spiro atoms. The van der Waals surface area contributed by atoms with E-state index in [4.69, 9.17) is 27.9 Å². The van der Waals surface area contributed by atoms with Gasteiger partial charge < -0.3 is 10.2 Å². The lowest BCUT2D eigenvalue weighted by molar-refractivity contribution is -0.123. The Balaban J connectivity index is 1.73. The highest BCUT2D eigenvalue weighted by Gasteiger charge is 2.06. The van der Waals surface area contributed by atoms with Crippen molar-refractivity contribution >= 4 is 29.1 Å². The number of rotatable bonds is 5. The van der Waals surface area contributed by atoms with Crippen molar-refractivity contribution in [3.63, 3.8) is 0 Å². The molecule has 21 heavy (non-hydrogen) atoms.